The Hall–Kier alpha value is -0.515. The van der Waals surface area contributed by atoms with E-state index in [1.807, 2.05) is 27.7 Å². The molecule has 0 radical (unpaired) electrons. The van der Waals surface area contributed by atoms with Crippen LogP contribution in [0.5, 0.6) is 0 Å². The molecule has 0 aromatic heterocycles. The monoisotopic (exact) mass is 328 g/mol. The first-order chi connectivity index (χ1) is 9.68. The van der Waals surface area contributed by atoms with E-state index in [0.29, 0.717) is 21.1 Å². The summed E-state index contributed by atoms with van der Waals surface area (Å²) in [6, 6.07) is 5.27. The summed E-state index contributed by atoms with van der Waals surface area (Å²) in [5.41, 5.74) is 0.315. The summed E-state index contributed by atoms with van der Waals surface area (Å²) in [5.74, 6) is 0. The second-order valence-corrected chi connectivity index (χ2v) is 6.92. The fourth-order valence-electron chi connectivity index (χ4n) is 2.02. The molecule has 3 nitrogen and oxygen atoms in total. The number of rotatable bonds is 3. The lowest BCUT2D eigenvalue weighted by molar-refractivity contribution is 0.00578. The van der Waals surface area contributed by atoms with Gasteiger partial charge in [-0.1, -0.05) is 35.3 Å². The highest BCUT2D eigenvalue weighted by molar-refractivity contribution is 6.56. The average Bonchev–Trinajstić information content (AvgIpc) is 2.58. The van der Waals surface area contributed by atoms with Crippen LogP contribution in [0.25, 0.3) is 6.08 Å². The van der Waals surface area contributed by atoms with Crippen molar-refractivity contribution in [1.29, 1.82) is 0 Å². The van der Waals surface area contributed by atoms with Gasteiger partial charge in [-0.2, -0.15) is 0 Å². The second-order valence-electron chi connectivity index (χ2n) is 6.10. The van der Waals surface area contributed by atoms with Crippen molar-refractivity contribution in [1.82, 2.24) is 0 Å². The zero-order valence-electron chi connectivity index (χ0n) is 12.6. The Labute approximate surface area is 136 Å². The summed E-state index contributed by atoms with van der Waals surface area (Å²) < 4.78 is 11.9. The van der Waals surface area contributed by atoms with Gasteiger partial charge in [0.1, 0.15) is 0 Å². The molecule has 1 aromatic rings. The van der Waals surface area contributed by atoms with Crippen LogP contribution >= 0.6 is 23.2 Å². The van der Waals surface area contributed by atoms with Gasteiger partial charge in [-0.3, -0.25) is 0 Å². The predicted octanol–water partition coefficient (Wildman–Crippen LogP) is 4.00. The second kappa shape index (κ2) is 5.94. The number of hydrogen-bond acceptors (Lipinski definition) is 3. The largest absolute Gasteiger partial charge is 0.492 e. The van der Waals surface area contributed by atoms with E-state index >= 15 is 0 Å². The van der Waals surface area contributed by atoms with Crippen LogP contribution in [-0.4, -0.2) is 30.0 Å². The van der Waals surface area contributed by atoms with Crippen LogP contribution in [0.2, 0.25) is 10.0 Å². The fraction of sp³-hybridized carbons (Fsp3) is 0.467. The topological polar surface area (TPSA) is 38.7 Å². The number of hydrogen-bond donors (Lipinski definition) is 1. The molecule has 0 bridgehead atoms. The van der Waals surface area contributed by atoms with Crippen molar-refractivity contribution in [3.63, 3.8) is 0 Å². The Balaban J connectivity index is 2.36. The normalized spacial score (nSPS) is 20.9. The third kappa shape index (κ3) is 3.30. The molecule has 1 aliphatic rings. The van der Waals surface area contributed by atoms with E-state index in [1.54, 1.807) is 24.3 Å². The smallest absolute Gasteiger partial charge is 0.400 e. The average molecular weight is 329 g/mol. The van der Waals surface area contributed by atoms with Crippen molar-refractivity contribution < 1.29 is 14.4 Å². The van der Waals surface area contributed by atoms with Gasteiger partial charge in [0.25, 0.3) is 0 Å². The van der Waals surface area contributed by atoms with Crippen LogP contribution < -0.4 is 0 Å². The minimum absolute atomic E-state index is 0.196. The Bertz CT molecular complexity index is 534. The molecule has 1 heterocycles. The van der Waals surface area contributed by atoms with Gasteiger partial charge in [0.05, 0.1) is 17.8 Å². The zero-order valence-corrected chi connectivity index (χ0v) is 14.1. The summed E-state index contributed by atoms with van der Waals surface area (Å²) in [7, 11) is -0.618. The third-order valence-electron chi connectivity index (χ3n) is 4.07. The van der Waals surface area contributed by atoms with E-state index < -0.39 is 18.3 Å². The molecule has 6 heteroatoms. The van der Waals surface area contributed by atoms with Gasteiger partial charge in [0.2, 0.25) is 0 Å². The lowest BCUT2D eigenvalue weighted by Crippen LogP contribution is -2.41. The van der Waals surface area contributed by atoms with Crippen molar-refractivity contribution in [2.75, 3.05) is 6.61 Å². The van der Waals surface area contributed by atoms with Gasteiger partial charge in [0.15, 0.2) is 0 Å². The molecule has 1 saturated heterocycles. The molecular weight excluding hydrogens is 310 g/mol. The van der Waals surface area contributed by atoms with Crippen LogP contribution in [0.1, 0.15) is 33.3 Å². The summed E-state index contributed by atoms with van der Waals surface area (Å²) >= 11 is 12.3. The van der Waals surface area contributed by atoms with Gasteiger partial charge in [-0.15, -0.1) is 0 Å². The maximum Gasteiger partial charge on any atom is 0.492 e. The van der Waals surface area contributed by atoms with Gasteiger partial charge in [0, 0.05) is 15.6 Å². The van der Waals surface area contributed by atoms with Crippen molar-refractivity contribution in [3.05, 3.63) is 39.3 Å². The quantitative estimate of drug-likeness (QED) is 0.852. The molecule has 0 amide bonds. The molecule has 21 heavy (non-hydrogen) atoms. The molecule has 1 fully saturated rings. The van der Waals surface area contributed by atoms with Gasteiger partial charge in [-0.25, -0.2) is 0 Å². The van der Waals surface area contributed by atoms with E-state index in [9.17, 15) is 5.11 Å². The number of halogens is 2. The highest BCUT2D eigenvalue weighted by Crippen LogP contribution is 2.39. The van der Waals surface area contributed by atoms with Crippen molar-refractivity contribution >= 4 is 36.4 Å². The maximum atomic E-state index is 9.66. The molecule has 114 valence electrons. The zero-order chi connectivity index (χ0) is 15.8. The van der Waals surface area contributed by atoms with Crippen LogP contribution in [0, 0.1) is 0 Å². The van der Waals surface area contributed by atoms with Crippen LogP contribution in [0.15, 0.2) is 23.7 Å². The molecule has 0 saturated carbocycles. The van der Waals surface area contributed by atoms with Crippen LogP contribution in [0.3, 0.4) is 0 Å². The lowest BCUT2D eigenvalue weighted by Gasteiger charge is -2.32. The molecule has 0 aliphatic carbocycles. The lowest BCUT2D eigenvalue weighted by atomic mass is 9.77. The first kappa shape index (κ1) is 16.8. The number of aliphatic hydroxyl groups is 1. The fourth-order valence-corrected chi connectivity index (χ4v) is 2.52. The SMILES string of the molecule is CC1(C)OB(C(=Cc2c(Cl)cccc2Cl)CO)OC1(C)C. The number of aliphatic hydroxyl groups excluding tert-OH is 1. The van der Waals surface area contributed by atoms with E-state index in [0.717, 1.165) is 0 Å². The standard InChI is InChI=1S/C15H19BCl2O3/c1-14(2)15(3,4)21-16(20-14)10(9-19)8-11-12(17)6-5-7-13(11)18/h5-8,19H,9H2,1-4H3. The minimum Gasteiger partial charge on any atom is -0.400 e. The Morgan fingerprint density at radius 1 is 1.14 bits per heavy atom. The van der Waals surface area contributed by atoms with E-state index in [2.05, 4.69) is 0 Å². The minimum atomic E-state index is -0.618. The Kier molecular flexibility index (Phi) is 4.76. The van der Waals surface area contributed by atoms with Crippen molar-refractivity contribution in [2.24, 2.45) is 0 Å². The molecule has 2 rings (SSSR count). The Morgan fingerprint density at radius 3 is 2.05 bits per heavy atom. The highest BCUT2D eigenvalue weighted by Gasteiger charge is 2.52. The van der Waals surface area contributed by atoms with Crippen molar-refractivity contribution in [2.45, 2.75) is 38.9 Å². The van der Waals surface area contributed by atoms with Crippen molar-refractivity contribution in [3.8, 4) is 0 Å². The first-order valence-electron chi connectivity index (χ1n) is 6.79. The molecule has 0 atom stereocenters. The number of benzene rings is 1. The van der Waals surface area contributed by atoms with E-state index in [4.69, 9.17) is 32.5 Å². The molecular formula is C15H19BCl2O3. The molecule has 1 N–H and O–H groups in total. The molecule has 1 aliphatic heterocycles. The van der Waals surface area contributed by atoms with Gasteiger partial charge >= 0.3 is 7.12 Å². The van der Waals surface area contributed by atoms with Gasteiger partial charge < -0.3 is 14.4 Å². The molecule has 1 aromatic carbocycles. The summed E-state index contributed by atoms with van der Waals surface area (Å²) in [4.78, 5) is 0. The van der Waals surface area contributed by atoms with E-state index in [1.165, 1.54) is 0 Å². The predicted molar refractivity (Wildman–Crippen MR) is 87.6 cm³/mol. The highest BCUT2D eigenvalue weighted by atomic mass is 35.5. The summed E-state index contributed by atoms with van der Waals surface area (Å²) in [6.45, 7) is 7.66. The third-order valence-corrected chi connectivity index (χ3v) is 4.73. The van der Waals surface area contributed by atoms with Crippen LogP contribution in [-0.2, 0) is 9.31 Å². The molecule has 0 spiro atoms. The van der Waals surface area contributed by atoms with Gasteiger partial charge in [-0.05, 0) is 45.3 Å². The summed E-state index contributed by atoms with van der Waals surface area (Å²) in [6.07, 6.45) is 1.73. The summed E-state index contributed by atoms with van der Waals surface area (Å²) in [5, 5.41) is 10.7. The first-order valence-corrected chi connectivity index (χ1v) is 7.54. The molecule has 0 unspecified atom stereocenters. The van der Waals surface area contributed by atoms with Crippen LogP contribution in [0.4, 0.5) is 0 Å². The Morgan fingerprint density at radius 2 is 1.62 bits per heavy atom. The maximum absolute atomic E-state index is 9.66. The van der Waals surface area contributed by atoms with E-state index in [-0.39, 0.29) is 6.61 Å².